The van der Waals surface area contributed by atoms with Gasteiger partial charge < -0.3 is 19.3 Å². The van der Waals surface area contributed by atoms with E-state index in [2.05, 4.69) is 41.3 Å². The fourth-order valence-electron chi connectivity index (χ4n) is 7.01. The molecule has 4 aliphatic rings. The topological polar surface area (TPSA) is 63.1 Å². The fourth-order valence-corrected chi connectivity index (χ4v) is 7.01. The van der Waals surface area contributed by atoms with Crippen LogP contribution in [0.15, 0.2) is 6.07 Å². The first-order chi connectivity index (χ1) is 17.0. The molecule has 3 aliphatic heterocycles. The monoisotopic (exact) mass is 501 g/mol. The lowest BCUT2D eigenvalue weighted by Crippen LogP contribution is -2.64. The van der Waals surface area contributed by atoms with Crippen LogP contribution in [0.4, 0.5) is 10.6 Å². The molecule has 5 rings (SSSR count). The van der Waals surface area contributed by atoms with Gasteiger partial charge in [0.15, 0.2) is 5.82 Å². The zero-order chi connectivity index (χ0) is 25.7. The van der Waals surface area contributed by atoms with Gasteiger partial charge in [-0.15, -0.1) is 0 Å². The van der Waals surface area contributed by atoms with Crippen molar-refractivity contribution < 1.29 is 14.3 Å². The van der Waals surface area contributed by atoms with Crippen molar-refractivity contribution in [3.8, 4) is 0 Å². The van der Waals surface area contributed by atoms with Gasteiger partial charge in [-0.05, 0) is 72.6 Å². The minimum atomic E-state index is -0.436. The molecule has 2 unspecified atom stereocenters. The van der Waals surface area contributed by atoms with Crippen molar-refractivity contribution in [2.24, 2.45) is 11.3 Å². The summed E-state index contributed by atoms with van der Waals surface area (Å²) < 4.78 is 13.4. The summed E-state index contributed by atoms with van der Waals surface area (Å²) in [6.45, 7) is 20.5. The van der Waals surface area contributed by atoms with Gasteiger partial charge in [0, 0.05) is 62.0 Å². The van der Waals surface area contributed by atoms with Gasteiger partial charge in [0.2, 0.25) is 0 Å². The highest BCUT2D eigenvalue weighted by atomic mass is 16.6. The molecule has 1 aromatic heterocycles. The van der Waals surface area contributed by atoms with Gasteiger partial charge in [0.25, 0.3) is 0 Å². The predicted octanol–water partition coefficient (Wildman–Crippen LogP) is 4.48. The molecule has 0 N–H and O–H groups in total. The van der Waals surface area contributed by atoms with Crippen LogP contribution in [0.3, 0.4) is 0 Å². The molecule has 0 aromatic carbocycles. The lowest BCUT2D eigenvalue weighted by atomic mass is 9.61. The van der Waals surface area contributed by atoms with Gasteiger partial charge in [-0.2, -0.15) is 5.10 Å². The van der Waals surface area contributed by atoms with Crippen molar-refractivity contribution in [3.63, 3.8) is 0 Å². The summed E-state index contributed by atoms with van der Waals surface area (Å²) in [5, 5.41) is 5.18. The zero-order valence-corrected chi connectivity index (χ0v) is 23.4. The van der Waals surface area contributed by atoms with E-state index in [1.54, 1.807) is 0 Å². The number of nitrogens with zero attached hydrogens (tertiary/aromatic N) is 5. The Balaban J connectivity index is 1.18. The van der Waals surface area contributed by atoms with Crippen molar-refractivity contribution in [1.82, 2.24) is 19.6 Å². The van der Waals surface area contributed by atoms with Crippen LogP contribution in [0.25, 0.3) is 0 Å². The summed E-state index contributed by atoms with van der Waals surface area (Å²) in [6.07, 6.45) is 5.60. The number of amides is 1. The Hall–Kier alpha value is -1.80. The molecule has 2 atom stereocenters. The lowest BCUT2D eigenvalue weighted by Gasteiger charge is -2.58. The molecule has 1 amide bonds. The third kappa shape index (κ3) is 5.13. The average Bonchev–Trinajstić information content (AvgIpc) is 3.12. The Morgan fingerprint density at radius 3 is 2.50 bits per heavy atom. The standard InChI is InChI=1S/C28H47N5O3/c1-7-27(6)15-22(18-30-10-12-35-13-11-30)8-9-32(27)24-14-21(2)33(29-24)23-16-28(17-23)19-31(20-28)25(34)36-26(3,4)5/h14,22-23H,7-13,15-20H2,1-6H3. The first-order valence-corrected chi connectivity index (χ1v) is 14.1. The van der Waals surface area contributed by atoms with Crippen molar-refractivity contribution in [1.29, 1.82) is 0 Å². The number of carbonyl (C=O) groups excluding carboxylic acids is 1. The molecule has 0 bridgehead atoms. The summed E-state index contributed by atoms with van der Waals surface area (Å²) in [5.74, 6) is 1.89. The minimum Gasteiger partial charge on any atom is -0.444 e. The second-order valence-corrected chi connectivity index (χ2v) is 13.3. The van der Waals surface area contributed by atoms with Crippen LogP contribution in [-0.4, -0.2) is 89.3 Å². The third-order valence-corrected chi connectivity index (χ3v) is 9.10. The van der Waals surface area contributed by atoms with Gasteiger partial charge in [0.1, 0.15) is 5.60 Å². The lowest BCUT2D eigenvalue weighted by molar-refractivity contribution is -0.0930. The Morgan fingerprint density at radius 1 is 1.17 bits per heavy atom. The molecule has 4 fully saturated rings. The number of piperidine rings is 1. The summed E-state index contributed by atoms with van der Waals surface area (Å²) in [6, 6.07) is 2.74. The van der Waals surface area contributed by atoms with Crippen molar-refractivity contribution in [3.05, 3.63) is 11.8 Å². The van der Waals surface area contributed by atoms with E-state index in [9.17, 15) is 4.79 Å². The van der Waals surface area contributed by atoms with E-state index in [1.807, 2.05) is 25.7 Å². The Kier molecular flexibility index (Phi) is 6.82. The highest BCUT2D eigenvalue weighted by molar-refractivity contribution is 5.69. The molecular weight excluding hydrogens is 454 g/mol. The second kappa shape index (κ2) is 9.50. The number of hydrogen-bond acceptors (Lipinski definition) is 6. The number of aromatic nitrogens is 2. The minimum absolute atomic E-state index is 0.142. The van der Waals surface area contributed by atoms with Crippen LogP contribution in [0, 0.1) is 18.3 Å². The van der Waals surface area contributed by atoms with Crippen molar-refractivity contribution in [2.75, 3.05) is 57.4 Å². The van der Waals surface area contributed by atoms with E-state index >= 15 is 0 Å². The first kappa shape index (κ1) is 25.8. The molecule has 3 saturated heterocycles. The number of aryl methyl sites for hydroxylation is 1. The largest absolute Gasteiger partial charge is 0.444 e. The summed E-state index contributed by atoms with van der Waals surface area (Å²) >= 11 is 0. The zero-order valence-electron chi connectivity index (χ0n) is 23.4. The summed E-state index contributed by atoms with van der Waals surface area (Å²) in [5.41, 5.74) is 1.22. The van der Waals surface area contributed by atoms with E-state index in [0.29, 0.717) is 6.04 Å². The maximum atomic E-state index is 12.3. The van der Waals surface area contributed by atoms with Gasteiger partial charge >= 0.3 is 6.09 Å². The average molecular weight is 502 g/mol. The smallest absolute Gasteiger partial charge is 0.410 e. The Morgan fingerprint density at radius 2 is 1.86 bits per heavy atom. The predicted molar refractivity (Wildman–Crippen MR) is 141 cm³/mol. The third-order valence-electron chi connectivity index (χ3n) is 9.10. The highest BCUT2D eigenvalue weighted by Gasteiger charge is 2.55. The molecule has 36 heavy (non-hydrogen) atoms. The second-order valence-electron chi connectivity index (χ2n) is 13.3. The van der Waals surface area contributed by atoms with Crippen LogP contribution in [-0.2, 0) is 9.47 Å². The number of hydrogen-bond donors (Lipinski definition) is 0. The number of likely N-dealkylation sites (tertiary alicyclic amines) is 1. The van der Waals surface area contributed by atoms with Crippen LogP contribution < -0.4 is 4.90 Å². The number of morpholine rings is 1. The number of ether oxygens (including phenoxy) is 2. The first-order valence-electron chi connectivity index (χ1n) is 14.1. The fraction of sp³-hybridized carbons (Fsp3) is 0.857. The maximum absolute atomic E-state index is 12.3. The van der Waals surface area contributed by atoms with Crippen LogP contribution in [0.2, 0.25) is 0 Å². The number of anilines is 1. The number of carbonyl (C=O) groups is 1. The summed E-state index contributed by atoms with van der Waals surface area (Å²) in [4.78, 5) is 19.4. The highest BCUT2D eigenvalue weighted by Crippen LogP contribution is 2.54. The van der Waals surface area contributed by atoms with Crippen LogP contribution in [0.1, 0.15) is 78.5 Å². The molecule has 1 aromatic rings. The molecule has 1 spiro atoms. The molecule has 1 saturated carbocycles. The van der Waals surface area contributed by atoms with Gasteiger partial charge in [0.05, 0.1) is 19.3 Å². The molecule has 4 heterocycles. The van der Waals surface area contributed by atoms with Crippen molar-refractivity contribution >= 4 is 11.9 Å². The van der Waals surface area contributed by atoms with E-state index in [1.165, 1.54) is 25.1 Å². The van der Waals surface area contributed by atoms with E-state index in [-0.39, 0.29) is 17.0 Å². The Labute approximate surface area is 217 Å². The molecule has 202 valence electrons. The van der Waals surface area contributed by atoms with E-state index < -0.39 is 5.60 Å². The Bertz CT molecular complexity index is 935. The van der Waals surface area contributed by atoms with E-state index in [4.69, 9.17) is 14.6 Å². The van der Waals surface area contributed by atoms with E-state index in [0.717, 1.165) is 76.9 Å². The SMILES string of the molecule is CCC1(C)CC(CN2CCOCC2)CCN1c1cc(C)n(C2CC3(C2)CN(C(=O)OC(C)(C)C)C3)n1. The molecule has 8 heteroatoms. The molecule has 0 radical (unpaired) electrons. The quantitative estimate of drug-likeness (QED) is 0.593. The molecule has 1 aliphatic carbocycles. The molecular formula is C28H47N5O3. The van der Waals surface area contributed by atoms with Gasteiger partial charge in [-0.3, -0.25) is 9.58 Å². The van der Waals surface area contributed by atoms with Crippen LogP contribution in [0.5, 0.6) is 0 Å². The van der Waals surface area contributed by atoms with Crippen molar-refractivity contribution in [2.45, 2.75) is 90.8 Å². The molecule has 8 nitrogen and oxygen atoms in total. The number of rotatable bonds is 5. The summed E-state index contributed by atoms with van der Waals surface area (Å²) in [7, 11) is 0. The van der Waals surface area contributed by atoms with Gasteiger partial charge in [-0.25, -0.2) is 4.79 Å². The normalized spacial score (nSPS) is 29.2. The van der Waals surface area contributed by atoms with Crippen LogP contribution >= 0.6 is 0 Å². The maximum Gasteiger partial charge on any atom is 0.410 e. The van der Waals surface area contributed by atoms with Gasteiger partial charge in [-0.1, -0.05) is 6.92 Å².